The highest BCUT2D eigenvalue weighted by Gasteiger charge is 2.24. The minimum atomic E-state index is -0.798. The van der Waals surface area contributed by atoms with Crippen LogP contribution in [0.3, 0.4) is 0 Å². The molecule has 0 aromatic rings. The van der Waals surface area contributed by atoms with Crippen molar-refractivity contribution in [1.82, 2.24) is 5.32 Å². The smallest absolute Gasteiger partial charge is 0.306 e. The number of carbonyl (C=O) groups is 2. The predicted molar refractivity (Wildman–Crippen MR) is 245 cm³/mol. The summed E-state index contributed by atoms with van der Waals surface area (Å²) >= 11 is 0. The van der Waals surface area contributed by atoms with E-state index in [4.69, 9.17) is 4.74 Å². The van der Waals surface area contributed by atoms with Crippen LogP contribution in [0.15, 0.2) is 60.8 Å². The highest BCUT2D eigenvalue weighted by Crippen LogP contribution is 2.17. The fourth-order valence-electron chi connectivity index (χ4n) is 7.05. The van der Waals surface area contributed by atoms with E-state index in [1.54, 1.807) is 0 Å². The second kappa shape index (κ2) is 44.7. The summed E-state index contributed by atoms with van der Waals surface area (Å²) in [6.45, 7) is 6.36. The van der Waals surface area contributed by atoms with E-state index in [0.717, 1.165) is 70.6 Å². The molecule has 0 bridgehead atoms. The maximum Gasteiger partial charge on any atom is 0.306 e. The first-order chi connectivity index (χ1) is 28.0. The van der Waals surface area contributed by atoms with Crippen LogP contribution in [0.4, 0.5) is 0 Å². The van der Waals surface area contributed by atoms with Crippen molar-refractivity contribution in [3.8, 4) is 0 Å². The van der Waals surface area contributed by atoms with E-state index in [9.17, 15) is 19.8 Å². The van der Waals surface area contributed by atoms with Crippen LogP contribution < -0.4 is 5.32 Å². The maximum absolute atomic E-state index is 13.1. The minimum Gasteiger partial charge on any atom is -0.462 e. The Morgan fingerprint density at radius 1 is 0.509 bits per heavy atom. The zero-order chi connectivity index (χ0) is 41.7. The zero-order valence-electron chi connectivity index (χ0n) is 37.5. The third-order valence-electron chi connectivity index (χ3n) is 10.7. The number of allylic oxidation sites excluding steroid dienone is 10. The molecule has 0 saturated heterocycles. The van der Waals surface area contributed by atoms with Crippen molar-refractivity contribution >= 4 is 11.9 Å². The molecule has 3 unspecified atom stereocenters. The van der Waals surface area contributed by atoms with Gasteiger partial charge in [0, 0.05) is 6.42 Å². The first-order valence-electron chi connectivity index (χ1n) is 24.1. The van der Waals surface area contributed by atoms with Gasteiger partial charge in [-0.25, -0.2) is 0 Å². The first-order valence-corrected chi connectivity index (χ1v) is 24.1. The van der Waals surface area contributed by atoms with Crippen LogP contribution in [0, 0.1) is 0 Å². The highest BCUT2D eigenvalue weighted by molar-refractivity contribution is 5.77. The van der Waals surface area contributed by atoms with E-state index < -0.39 is 18.2 Å². The molecule has 6 nitrogen and oxygen atoms in total. The average Bonchev–Trinajstić information content (AvgIpc) is 3.20. The summed E-state index contributed by atoms with van der Waals surface area (Å²) in [5.41, 5.74) is 0. The Morgan fingerprint density at radius 3 is 1.42 bits per heavy atom. The molecule has 3 atom stereocenters. The molecule has 57 heavy (non-hydrogen) atoms. The largest absolute Gasteiger partial charge is 0.462 e. The number of hydrogen-bond acceptors (Lipinski definition) is 5. The summed E-state index contributed by atoms with van der Waals surface area (Å²) in [6.07, 6.45) is 54.1. The standard InChI is InChI=1S/C51H91NO5/c1-4-7-10-13-16-19-22-24-25-26-27-28-30-33-36-39-42-47(57-51(56)44-41-38-35-32-21-18-15-12-9-6-3)45-50(55)52-48(46-53)49(54)43-40-37-34-31-29-23-20-17-14-11-8-5-2/h10,13,16,19,22,24-28,47-49,53-54H,4-9,11-12,14-15,17-18,20-21,23,29-46H2,1-3H3,(H,52,55)/b13-10+,19-16+,24-22+,26-25+,28-27+. The third-order valence-corrected chi connectivity index (χ3v) is 10.7. The van der Waals surface area contributed by atoms with Crippen LogP contribution in [-0.4, -0.2) is 46.9 Å². The van der Waals surface area contributed by atoms with Crippen LogP contribution >= 0.6 is 0 Å². The Labute approximate surface area is 352 Å². The van der Waals surface area contributed by atoms with Crippen LogP contribution in [0.5, 0.6) is 0 Å². The van der Waals surface area contributed by atoms with E-state index >= 15 is 0 Å². The van der Waals surface area contributed by atoms with Crippen molar-refractivity contribution in [2.75, 3.05) is 6.61 Å². The quantitative estimate of drug-likeness (QED) is 0.0325. The van der Waals surface area contributed by atoms with Crippen molar-refractivity contribution in [2.24, 2.45) is 0 Å². The van der Waals surface area contributed by atoms with Gasteiger partial charge in [0.2, 0.25) is 5.91 Å². The van der Waals surface area contributed by atoms with Crippen molar-refractivity contribution < 1.29 is 24.5 Å². The Morgan fingerprint density at radius 2 is 0.930 bits per heavy atom. The van der Waals surface area contributed by atoms with Gasteiger partial charge in [-0.15, -0.1) is 0 Å². The molecule has 0 aliphatic carbocycles. The third kappa shape index (κ3) is 40.1. The minimum absolute atomic E-state index is 0.0496. The molecule has 0 heterocycles. The zero-order valence-corrected chi connectivity index (χ0v) is 37.5. The van der Waals surface area contributed by atoms with Gasteiger partial charge < -0.3 is 20.3 Å². The number of aliphatic hydroxyl groups excluding tert-OH is 2. The molecule has 0 aliphatic rings. The lowest BCUT2D eigenvalue weighted by atomic mass is 10.0. The van der Waals surface area contributed by atoms with Crippen molar-refractivity contribution in [3.63, 3.8) is 0 Å². The lowest BCUT2D eigenvalue weighted by molar-refractivity contribution is -0.151. The lowest BCUT2D eigenvalue weighted by Gasteiger charge is -2.24. The van der Waals surface area contributed by atoms with Crippen LogP contribution in [0.25, 0.3) is 0 Å². The molecule has 0 fully saturated rings. The SMILES string of the molecule is CCC/C=C/C=C/C=C/C=C/C=C/CCCCCC(CC(=O)NC(CO)C(O)CCCCCCCCCCCCCC)OC(=O)CCCCCCCCCCCC. The monoisotopic (exact) mass is 798 g/mol. The molecule has 0 saturated carbocycles. The van der Waals surface area contributed by atoms with Crippen LogP contribution in [0.1, 0.15) is 226 Å². The molecular formula is C51H91NO5. The number of ether oxygens (including phenoxy) is 1. The van der Waals surface area contributed by atoms with E-state index in [2.05, 4.69) is 50.4 Å². The van der Waals surface area contributed by atoms with E-state index in [0.29, 0.717) is 19.3 Å². The number of amides is 1. The van der Waals surface area contributed by atoms with Gasteiger partial charge in [-0.3, -0.25) is 9.59 Å². The van der Waals surface area contributed by atoms with Crippen molar-refractivity contribution in [3.05, 3.63) is 60.8 Å². The Bertz CT molecular complexity index is 1030. The van der Waals surface area contributed by atoms with Gasteiger partial charge >= 0.3 is 5.97 Å². The molecule has 3 N–H and O–H groups in total. The summed E-state index contributed by atoms with van der Waals surface area (Å²) in [7, 11) is 0. The summed E-state index contributed by atoms with van der Waals surface area (Å²) < 4.78 is 5.89. The van der Waals surface area contributed by atoms with Crippen LogP contribution in [0.2, 0.25) is 0 Å². The van der Waals surface area contributed by atoms with Crippen molar-refractivity contribution in [2.45, 2.75) is 244 Å². The molecule has 0 aromatic carbocycles. The average molecular weight is 798 g/mol. The summed E-state index contributed by atoms with van der Waals surface area (Å²) in [5, 5.41) is 23.7. The van der Waals surface area contributed by atoms with Crippen molar-refractivity contribution in [1.29, 1.82) is 0 Å². The van der Waals surface area contributed by atoms with E-state index in [-0.39, 0.29) is 24.9 Å². The highest BCUT2D eigenvalue weighted by atomic mass is 16.5. The molecule has 6 heteroatoms. The Balaban J connectivity index is 4.69. The van der Waals surface area contributed by atoms with Gasteiger partial charge in [0.05, 0.1) is 25.2 Å². The van der Waals surface area contributed by atoms with Gasteiger partial charge in [-0.1, -0.05) is 229 Å². The Kier molecular flexibility index (Phi) is 42.7. The number of nitrogens with one attached hydrogen (secondary N) is 1. The molecule has 0 radical (unpaired) electrons. The maximum atomic E-state index is 13.1. The van der Waals surface area contributed by atoms with Gasteiger partial charge in [-0.05, 0) is 44.9 Å². The molecule has 0 spiro atoms. The van der Waals surface area contributed by atoms with E-state index in [1.165, 1.54) is 109 Å². The Hall–Kier alpha value is -2.44. The number of rotatable bonds is 42. The predicted octanol–water partition coefficient (Wildman–Crippen LogP) is 14.1. The molecule has 1 amide bonds. The molecule has 0 aliphatic heterocycles. The number of esters is 1. The summed E-state index contributed by atoms with van der Waals surface area (Å²) in [4.78, 5) is 26.0. The van der Waals surface area contributed by atoms with Crippen LogP contribution in [-0.2, 0) is 14.3 Å². The molecule has 330 valence electrons. The van der Waals surface area contributed by atoms with Gasteiger partial charge in [0.25, 0.3) is 0 Å². The summed E-state index contributed by atoms with van der Waals surface area (Å²) in [5.74, 6) is -0.517. The normalized spacial score (nSPS) is 13.8. The second-order valence-corrected chi connectivity index (χ2v) is 16.3. The molecular weight excluding hydrogens is 707 g/mol. The number of carbonyl (C=O) groups excluding carboxylic acids is 2. The lowest BCUT2D eigenvalue weighted by Crippen LogP contribution is -2.46. The fourth-order valence-corrected chi connectivity index (χ4v) is 7.05. The van der Waals surface area contributed by atoms with Gasteiger partial charge in [-0.2, -0.15) is 0 Å². The molecule has 0 rings (SSSR count). The van der Waals surface area contributed by atoms with Gasteiger partial charge in [0.15, 0.2) is 0 Å². The molecule has 0 aromatic heterocycles. The topological polar surface area (TPSA) is 95.9 Å². The number of aliphatic hydroxyl groups is 2. The second-order valence-electron chi connectivity index (χ2n) is 16.3. The summed E-state index contributed by atoms with van der Waals surface area (Å²) in [6, 6.07) is -0.714. The fraction of sp³-hybridized carbons (Fsp3) is 0.765. The van der Waals surface area contributed by atoms with E-state index in [1.807, 2.05) is 36.5 Å². The first kappa shape index (κ1) is 54.6. The number of unbranched alkanes of at least 4 members (excludes halogenated alkanes) is 24. The van der Waals surface area contributed by atoms with Gasteiger partial charge in [0.1, 0.15) is 6.10 Å². The number of hydrogen-bond donors (Lipinski definition) is 3.